The average molecular weight is 273 g/mol. The van der Waals surface area contributed by atoms with Crippen LogP contribution in [0.2, 0.25) is 0 Å². The maximum absolute atomic E-state index is 12.2. The molecular formula is C13H15N5O2. The molecule has 0 aliphatic carbocycles. The summed E-state index contributed by atoms with van der Waals surface area (Å²) in [6, 6.07) is 7.12. The number of para-hydroxylation sites is 2. The molecule has 20 heavy (non-hydrogen) atoms. The molecule has 1 fully saturated rings. The van der Waals surface area contributed by atoms with Crippen LogP contribution in [0, 0.1) is 0 Å². The average Bonchev–Trinajstić information content (AvgIpc) is 3.03. The molecule has 0 spiro atoms. The zero-order chi connectivity index (χ0) is 13.8. The predicted molar refractivity (Wildman–Crippen MR) is 72.6 cm³/mol. The number of amides is 1. The minimum absolute atomic E-state index is 0.114. The summed E-state index contributed by atoms with van der Waals surface area (Å²) in [5.74, 6) is -0.114. The lowest BCUT2D eigenvalue weighted by atomic mass is 10.2. The fraction of sp³-hybridized carbons (Fsp3) is 0.308. The van der Waals surface area contributed by atoms with Gasteiger partial charge in [-0.2, -0.15) is 0 Å². The van der Waals surface area contributed by atoms with E-state index in [1.165, 1.54) is 0 Å². The van der Waals surface area contributed by atoms with Gasteiger partial charge in [0.1, 0.15) is 6.04 Å². The molecule has 1 unspecified atom stereocenters. The van der Waals surface area contributed by atoms with Crippen LogP contribution in [0.4, 0.5) is 5.69 Å². The summed E-state index contributed by atoms with van der Waals surface area (Å²) < 4.78 is 6.90. The van der Waals surface area contributed by atoms with Gasteiger partial charge < -0.3 is 15.4 Å². The van der Waals surface area contributed by atoms with Gasteiger partial charge in [0, 0.05) is 6.54 Å². The Morgan fingerprint density at radius 2 is 2.35 bits per heavy atom. The molecule has 1 aromatic heterocycles. The summed E-state index contributed by atoms with van der Waals surface area (Å²) >= 11 is 0. The molecule has 104 valence electrons. The minimum atomic E-state index is -0.326. The van der Waals surface area contributed by atoms with Crippen LogP contribution in [0.3, 0.4) is 0 Å². The lowest BCUT2D eigenvalue weighted by Crippen LogP contribution is -2.48. The van der Waals surface area contributed by atoms with Crippen LogP contribution in [0.15, 0.2) is 36.7 Å². The van der Waals surface area contributed by atoms with Crippen molar-refractivity contribution >= 4 is 11.6 Å². The van der Waals surface area contributed by atoms with Gasteiger partial charge in [-0.1, -0.05) is 17.3 Å². The molecular weight excluding hydrogens is 258 g/mol. The van der Waals surface area contributed by atoms with Crippen LogP contribution in [0.25, 0.3) is 5.69 Å². The van der Waals surface area contributed by atoms with Gasteiger partial charge in [0.15, 0.2) is 0 Å². The molecule has 1 atom stereocenters. The lowest BCUT2D eigenvalue weighted by molar-refractivity contribution is -0.120. The number of carbonyl (C=O) groups excluding carboxylic acids is 1. The summed E-state index contributed by atoms with van der Waals surface area (Å²) in [7, 11) is 0. The number of morpholine rings is 1. The van der Waals surface area contributed by atoms with E-state index in [1.807, 2.05) is 24.3 Å². The van der Waals surface area contributed by atoms with E-state index >= 15 is 0 Å². The molecule has 1 aliphatic heterocycles. The van der Waals surface area contributed by atoms with Crippen LogP contribution < -0.4 is 10.6 Å². The SMILES string of the molecule is O=C(Nc1ccccc1-n1ccnn1)C1COCCN1. The van der Waals surface area contributed by atoms with E-state index in [0.717, 1.165) is 5.69 Å². The number of carbonyl (C=O) groups is 1. The van der Waals surface area contributed by atoms with Crippen molar-refractivity contribution in [2.75, 3.05) is 25.1 Å². The van der Waals surface area contributed by atoms with E-state index in [0.29, 0.717) is 25.4 Å². The molecule has 1 aliphatic rings. The number of aromatic nitrogens is 3. The standard InChI is InChI=1S/C13H15N5O2/c19-13(11-9-20-8-6-14-11)16-10-3-1-2-4-12(10)18-7-5-15-17-18/h1-5,7,11,14H,6,8-9H2,(H,16,19). The van der Waals surface area contributed by atoms with E-state index in [9.17, 15) is 4.79 Å². The highest BCUT2D eigenvalue weighted by atomic mass is 16.5. The third-order valence-electron chi connectivity index (χ3n) is 3.07. The Hall–Kier alpha value is -2.25. The highest BCUT2D eigenvalue weighted by Crippen LogP contribution is 2.18. The predicted octanol–water partition coefficient (Wildman–Crippen LogP) is 0.194. The van der Waals surface area contributed by atoms with E-state index in [-0.39, 0.29) is 11.9 Å². The first kappa shape index (κ1) is 12.8. The summed E-state index contributed by atoms with van der Waals surface area (Å²) in [6.45, 7) is 1.71. The first-order chi connectivity index (χ1) is 9.84. The minimum Gasteiger partial charge on any atom is -0.378 e. The van der Waals surface area contributed by atoms with E-state index in [1.54, 1.807) is 17.1 Å². The monoisotopic (exact) mass is 273 g/mol. The highest BCUT2D eigenvalue weighted by molar-refractivity contribution is 5.96. The summed E-state index contributed by atoms with van der Waals surface area (Å²) in [5.41, 5.74) is 1.46. The molecule has 0 bridgehead atoms. The summed E-state index contributed by atoms with van der Waals surface area (Å²) in [6.07, 6.45) is 3.32. The van der Waals surface area contributed by atoms with E-state index < -0.39 is 0 Å². The smallest absolute Gasteiger partial charge is 0.243 e. The van der Waals surface area contributed by atoms with Gasteiger partial charge in [0.25, 0.3) is 0 Å². The normalized spacial score (nSPS) is 18.7. The van der Waals surface area contributed by atoms with Crippen LogP contribution in [-0.2, 0) is 9.53 Å². The highest BCUT2D eigenvalue weighted by Gasteiger charge is 2.22. The Morgan fingerprint density at radius 3 is 3.10 bits per heavy atom. The van der Waals surface area contributed by atoms with E-state index in [2.05, 4.69) is 20.9 Å². The number of benzene rings is 1. The first-order valence-corrected chi connectivity index (χ1v) is 6.42. The fourth-order valence-electron chi connectivity index (χ4n) is 2.07. The van der Waals surface area contributed by atoms with Gasteiger partial charge in [0.05, 0.1) is 37.0 Å². The lowest BCUT2D eigenvalue weighted by Gasteiger charge is -2.23. The van der Waals surface area contributed by atoms with Crippen LogP contribution in [0.5, 0.6) is 0 Å². The summed E-state index contributed by atoms with van der Waals surface area (Å²) in [4.78, 5) is 12.2. The Bertz CT molecular complexity index is 578. The Labute approximate surface area is 115 Å². The Kier molecular flexibility index (Phi) is 3.71. The van der Waals surface area contributed by atoms with Gasteiger partial charge in [0.2, 0.25) is 5.91 Å². The van der Waals surface area contributed by atoms with Crippen molar-refractivity contribution in [3.8, 4) is 5.69 Å². The van der Waals surface area contributed by atoms with Crippen molar-refractivity contribution in [2.45, 2.75) is 6.04 Å². The second-order valence-electron chi connectivity index (χ2n) is 4.44. The molecule has 0 radical (unpaired) electrons. The van der Waals surface area contributed by atoms with Gasteiger partial charge in [-0.05, 0) is 12.1 Å². The van der Waals surface area contributed by atoms with Crippen LogP contribution in [-0.4, -0.2) is 46.7 Å². The van der Waals surface area contributed by atoms with Crippen molar-refractivity contribution in [3.63, 3.8) is 0 Å². The van der Waals surface area contributed by atoms with E-state index in [4.69, 9.17) is 4.74 Å². The Balaban J connectivity index is 1.79. The second kappa shape index (κ2) is 5.81. The number of nitrogens with one attached hydrogen (secondary N) is 2. The second-order valence-corrected chi connectivity index (χ2v) is 4.44. The Morgan fingerprint density at radius 1 is 1.45 bits per heavy atom. The number of hydrogen-bond donors (Lipinski definition) is 2. The maximum Gasteiger partial charge on any atom is 0.243 e. The zero-order valence-corrected chi connectivity index (χ0v) is 10.8. The van der Waals surface area contributed by atoms with Crippen molar-refractivity contribution in [1.29, 1.82) is 0 Å². The topological polar surface area (TPSA) is 81.1 Å². The maximum atomic E-state index is 12.2. The molecule has 2 heterocycles. The molecule has 7 nitrogen and oxygen atoms in total. The molecule has 1 aromatic carbocycles. The van der Waals surface area contributed by atoms with Crippen molar-refractivity contribution in [2.24, 2.45) is 0 Å². The number of anilines is 1. The zero-order valence-electron chi connectivity index (χ0n) is 10.8. The van der Waals surface area contributed by atoms with Crippen molar-refractivity contribution in [3.05, 3.63) is 36.7 Å². The van der Waals surface area contributed by atoms with Gasteiger partial charge >= 0.3 is 0 Å². The number of ether oxygens (including phenoxy) is 1. The molecule has 3 rings (SSSR count). The van der Waals surface area contributed by atoms with Crippen molar-refractivity contribution in [1.82, 2.24) is 20.3 Å². The molecule has 1 amide bonds. The molecule has 1 saturated heterocycles. The largest absolute Gasteiger partial charge is 0.378 e. The third-order valence-corrected chi connectivity index (χ3v) is 3.07. The van der Waals surface area contributed by atoms with Gasteiger partial charge in [-0.15, -0.1) is 5.10 Å². The first-order valence-electron chi connectivity index (χ1n) is 6.42. The molecule has 0 saturated carbocycles. The number of nitrogens with zero attached hydrogens (tertiary/aromatic N) is 3. The van der Waals surface area contributed by atoms with Crippen LogP contribution >= 0.6 is 0 Å². The number of rotatable bonds is 3. The molecule has 7 heteroatoms. The number of hydrogen-bond acceptors (Lipinski definition) is 5. The van der Waals surface area contributed by atoms with Gasteiger partial charge in [-0.25, -0.2) is 4.68 Å². The fourth-order valence-corrected chi connectivity index (χ4v) is 2.07. The molecule has 2 aromatic rings. The van der Waals surface area contributed by atoms with Crippen LogP contribution in [0.1, 0.15) is 0 Å². The quantitative estimate of drug-likeness (QED) is 0.834. The summed E-state index contributed by atoms with van der Waals surface area (Å²) in [5, 5.41) is 13.7. The third kappa shape index (κ3) is 2.68. The van der Waals surface area contributed by atoms with Crippen molar-refractivity contribution < 1.29 is 9.53 Å². The molecule has 2 N–H and O–H groups in total. The van der Waals surface area contributed by atoms with Gasteiger partial charge in [-0.3, -0.25) is 4.79 Å².